The van der Waals surface area contributed by atoms with E-state index in [4.69, 9.17) is 0 Å². The van der Waals surface area contributed by atoms with Gasteiger partial charge >= 0.3 is 6.03 Å². The van der Waals surface area contributed by atoms with Crippen LogP contribution < -0.4 is 10.0 Å². The van der Waals surface area contributed by atoms with Gasteiger partial charge in [-0.3, -0.25) is 4.79 Å². The highest BCUT2D eigenvalue weighted by atomic mass is 32.2. The first kappa shape index (κ1) is 22.6. The molecule has 0 radical (unpaired) electrons. The van der Waals surface area contributed by atoms with Crippen LogP contribution in [0.5, 0.6) is 0 Å². The van der Waals surface area contributed by atoms with Gasteiger partial charge in [-0.15, -0.1) is 0 Å². The highest BCUT2D eigenvalue weighted by Gasteiger charge is 2.26. The number of anilines is 1. The van der Waals surface area contributed by atoms with Gasteiger partial charge < -0.3 is 10.2 Å². The lowest BCUT2D eigenvalue weighted by Gasteiger charge is -2.20. The van der Waals surface area contributed by atoms with Crippen molar-refractivity contribution in [1.29, 1.82) is 0 Å². The van der Waals surface area contributed by atoms with Crippen LogP contribution in [0.25, 0.3) is 0 Å². The van der Waals surface area contributed by atoms with E-state index in [1.165, 1.54) is 11.1 Å². The van der Waals surface area contributed by atoms with Crippen molar-refractivity contribution in [3.63, 3.8) is 0 Å². The standard InChI is InChI=1S/C22H33N3O4S/c1-3-13-25(4-2)20(26)12-7-14-30(28,29)24-22(27)23-21-18-10-5-8-16(18)15-17-9-6-11-19(17)21/h15H,3-14H2,1-2H3,(H2,23,24,27). The number of carbonyl (C=O) groups excluding carboxylic acids is 2. The minimum Gasteiger partial charge on any atom is -0.343 e. The molecule has 0 heterocycles. The molecule has 0 fully saturated rings. The van der Waals surface area contributed by atoms with E-state index < -0.39 is 16.1 Å². The zero-order valence-corrected chi connectivity index (χ0v) is 18.9. The Morgan fingerprint density at radius 3 is 2.23 bits per heavy atom. The lowest BCUT2D eigenvalue weighted by molar-refractivity contribution is -0.131. The molecule has 0 aliphatic heterocycles. The van der Waals surface area contributed by atoms with Crippen molar-refractivity contribution in [2.45, 2.75) is 71.6 Å². The van der Waals surface area contributed by atoms with E-state index >= 15 is 0 Å². The first-order valence-electron chi connectivity index (χ1n) is 11.1. The van der Waals surface area contributed by atoms with Crippen LogP contribution in [0.15, 0.2) is 6.07 Å². The molecule has 2 N–H and O–H groups in total. The summed E-state index contributed by atoms with van der Waals surface area (Å²) in [4.78, 5) is 26.4. The number of nitrogens with one attached hydrogen (secondary N) is 2. The molecule has 7 nitrogen and oxygen atoms in total. The van der Waals surface area contributed by atoms with Gasteiger partial charge in [-0.05, 0) is 80.5 Å². The third-order valence-electron chi connectivity index (χ3n) is 5.99. The smallest absolute Gasteiger partial charge is 0.332 e. The maximum absolute atomic E-state index is 12.5. The molecule has 0 unspecified atom stereocenters. The lowest BCUT2D eigenvalue weighted by Crippen LogP contribution is -2.37. The Balaban J connectivity index is 1.57. The van der Waals surface area contributed by atoms with E-state index in [1.54, 1.807) is 4.90 Å². The molecule has 1 aromatic carbocycles. The maximum Gasteiger partial charge on any atom is 0.332 e. The van der Waals surface area contributed by atoms with Gasteiger partial charge in [0.05, 0.1) is 5.75 Å². The molecule has 0 atom stereocenters. The molecule has 3 rings (SSSR count). The number of nitrogens with zero attached hydrogens (tertiary/aromatic N) is 1. The Kier molecular flexibility index (Phi) is 7.39. The summed E-state index contributed by atoms with van der Waals surface area (Å²) in [5, 5.41) is 2.84. The first-order valence-corrected chi connectivity index (χ1v) is 12.8. The fourth-order valence-corrected chi connectivity index (χ4v) is 5.56. The third kappa shape index (κ3) is 5.33. The first-order chi connectivity index (χ1) is 14.3. The molecule has 0 aromatic heterocycles. The number of aryl methyl sites for hydroxylation is 2. The van der Waals surface area contributed by atoms with Gasteiger partial charge in [0.2, 0.25) is 15.9 Å². The molecule has 0 spiro atoms. The summed E-state index contributed by atoms with van der Waals surface area (Å²) >= 11 is 0. The number of urea groups is 1. The van der Waals surface area contributed by atoms with Crippen LogP contribution in [0.1, 0.15) is 68.2 Å². The number of amides is 3. The summed E-state index contributed by atoms with van der Waals surface area (Å²) in [7, 11) is -3.80. The molecule has 8 heteroatoms. The van der Waals surface area contributed by atoms with E-state index in [0.717, 1.165) is 61.8 Å². The number of rotatable bonds is 9. The second kappa shape index (κ2) is 9.81. The Labute approximate surface area is 179 Å². The van der Waals surface area contributed by atoms with Crippen LogP contribution in [-0.2, 0) is 40.5 Å². The van der Waals surface area contributed by atoms with Crippen LogP contribution >= 0.6 is 0 Å². The second-order valence-electron chi connectivity index (χ2n) is 8.19. The molecule has 166 valence electrons. The zero-order valence-electron chi connectivity index (χ0n) is 18.1. The molecule has 0 bridgehead atoms. The highest BCUT2D eigenvalue weighted by molar-refractivity contribution is 7.90. The molecule has 0 saturated carbocycles. The van der Waals surface area contributed by atoms with E-state index in [-0.39, 0.29) is 24.5 Å². The summed E-state index contributed by atoms with van der Waals surface area (Å²) in [6, 6.07) is 1.55. The van der Waals surface area contributed by atoms with Crippen LogP contribution in [0.3, 0.4) is 0 Å². The highest BCUT2D eigenvalue weighted by Crippen LogP contribution is 2.38. The second-order valence-corrected chi connectivity index (χ2v) is 10.0. The molecule has 1 aromatic rings. The summed E-state index contributed by atoms with van der Waals surface area (Å²) < 4.78 is 26.8. The summed E-state index contributed by atoms with van der Waals surface area (Å²) in [6.45, 7) is 5.20. The van der Waals surface area contributed by atoms with Gasteiger partial charge in [-0.25, -0.2) is 17.9 Å². The number of hydrogen-bond donors (Lipinski definition) is 2. The number of benzene rings is 1. The van der Waals surface area contributed by atoms with Gasteiger partial charge in [0.1, 0.15) is 0 Å². The fraction of sp³-hybridized carbons (Fsp3) is 0.636. The third-order valence-corrected chi connectivity index (χ3v) is 7.31. The molecule has 2 aliphatic carbocycles. The van der Waals surface area contributed by atoms with Crippen molar-refractivity contribution in [1.82, 2.24) is 9.62 Å². The number of sulfonamides is 1. The van der Waals surface area contributed by atoms with Crippen molar-refractivity contribution in [2.75, 3.05) is 24.2 Å². The van der Waals surface area contributed by atoms with Gasteiger partial charge in [0.15, 0.2) is 0 Å². The SMILES string of the molecule is CCCN(CC)C(=O)CCCS(=O)(=O)NC(=O)Nc1c2c(cc3c1CCC3)CCC2. The summed E-state index contributed by atoms with van der Waals surface area (Å²) in [6.07, 6.45) is 7.20. The van der Waals surface area contributed by atoms with Crippen LogP contribution in [0.2, 0.25) is 0 Å². The van der Waals surface area contributed by atoms with Crippen LogP contribution in [-0.4, -0.2) is 44.1 Å². The van der Waals surface area contributed by atoms with Crippen molar-refractivity contribution in [3.8, 4) is 0 Å². The van der Waals surface area contributed by atoms with Crippen molar-refractivity contribution in [3.05, 3.63) is 28.3 Å². The van der Waals surface area contributed by atoms with Crippen LogP contribution in [0.4, 0.5) is 10.5 Å². The Hall–Kier alpha value is -2.09. The minimum absolute atomic E-state index is 0.0468. The number of fused-ring (bicyclic) bond motifs is 2. The number of carbonyl (C=O) groups is 2. The van der Waals surface area contributed by atoms with E-state index in [2.05, 4.69) is 16.1 Å². The maximum atomic E-state index is 12.5. The Morgan fingerprint density at radius 1 is 1.03 bits per heavy atom. The average Bonchev–Trinajstić information content (AvgIpc) is 3.34. The lowest BCUT2D eigenvalue weighted by atomic mass is 9.99. The Morgan fingerprint density at radius 2 is 1.67 bits per heavy atom. The van der Waals surface area contributed by atoms with E-state index in [9.17, 15) is 18.0 Å². The summed E-state index contributed by atoms with van der Waals surface area (Å²) in [5.74, 6) is -0.296. The molecule has 3 amide bonds. The van der Waals surface area contributed by atoms with Crippen molar-refractivity contribution < 1.29 is 18.0 Å². The number of hydrogen-bond acceptors (Lipinski definition) is 4. The van der Waals surface area contributed by atoms with Gasteiger partial charge in [0, 0.05) is 25.2 Å². The molecule has 0 saturated heterocycles. The molecule has 2 aliphatic rings. The quantitative estimate of drug-likeness (QED) is 0.623. The average molecular weight is 436 g/mol. The van der Waals surface area contributed by atoms with Crippen molar-refractivity contribution >= 4 is 27.6 Å². The van der Waals surface area contributed by atoms with Crippen molar-refractivity contribution in [2.24, 2.45) is 0 Å². The zero-order chi connectivity index (χ0) is 21.7. The van der Waals surface area contributed by atoms with Crippen LogP contribution in [0, 0.1) is 0 Å². The molecular weight excluding hydrogens is 402 g/mol. The predicted molar refractivity (Wildman–Crippen MR) is 118 cm³/mol. The molecule has 30 heavy (non-hydrogen) atoms. The fourth-order valence-electron chi connectivity index (χ4n) is 4.60. The van der Waals surface area contributed by atoms with E-state index in [1.807, 2.05) is 13.8 Å². The van der Waals surface area contributed by atoms with Gasteiger partial charge in [-0.2, -0.15) is 0 Å². The molecular formula is C22H33N3O4S. The normalized spacial score (nSPS) is 14.9. The van der Waals surface area contributed by atoms with E-state index in [0.29, 0.717) is 13.1 Å². The Bertz CT molecular complexity index is 879. The van der Waals surface area contributed by atoms with Gasteiger partial charge in [0.25, 0.3) is 0 Å². The predicted octanol–water partition coefficient (Wildman–Crippen LogP) is 3.15. The minimum atomic E-state index is -3.80. The topological polar surface area (TPSA) is 95.6 Å². The summed E-state index contributed by atoms with van der Waals surface area (Å²) in [5.41, 5.74) is 5.69. The van der Waals surface area contributed by atoms with Gasteiger partial charge in [-0.1, -0.05) is 13.0 Å². The monoisotopic (exact) mass is 435 g/mol. The largest absolute Gasteiger partial charge is 0.343 e.